The van der Waals surface area contributed by atoms with E-state index in [-0.39, 0.29) is 28.0 Å². The number of quaternary nitrogens is 1. The van der Waals surface area contributed by atoms with Gasteiger partial charge in [0.2, 0.25) is 5.91 Å². The number of anilines is 1. The lowest BCUT2D eigenvalue weighted by molar-refractivity contribution is -0.893. The molecule has 184 valence electrons. The van der Waals surface area contributed by atoms with Gasteiger partial charge in [-0.3, -0.25) is 24.1 Å². The van der Waals surface area contributed by atoms with Crippen LogP contribution in [0.4, 0.5) is 5.13 Å². The fourth-order valence-electron chi connectivity index (χ4n) is 4.59. The van der Waals surface area contributed by atoms with Gasteiger partial charge in [-0.05, 0) is 0 Å². The molecule has 13 nitrogen and oxygen atoms in total. The number of carboxylic acids is 1. The lowest BCUT2D eigenvalue weighted by Crippen LogP contribution is -2.75. The summed E-state index contributed by atoms with van der Waals surface area (Å²) >= 11 is 1.11. The maximum Gasteiger partial charge on any atom is 0.352 e. The van der Waals surface area contributed by atoms with E-state index in [0.29, 0.717) is 16.6 Å². The number of likely N-dealkylation sites (N-methyl/N-ethyl adjacent to an activating group) is 1. The van der Waals surface area contributed by atoms with Gasteiger partial charge in [-0.15, -0.1) is 11.3 Å². The predicted molar refractivity (Wildman–Crippen MR) is 123 cm³/mol. The molecule has 4 heterocycles. The number of nitrogens with zero attached hydrogens (tertiary/aromatic N) is 4. The normalized spacial score (nSPS) is 26.2. The summed E-state index contributed by atoms with van der Waals surface area (Å²) in [6.07, 6.45) is 2.10. The molecule has 0 radical (unpaired) electrons. The van der Waals surface area contributed by atoms with Gasteiger partial charge in [0.05, 0.1) is 36.7 Å². The van der Waals surface area contributed by atoms with Crippen molar-refractivity contribution < 1.29 is 33.0 Å². The fraction of sp³-hybridized carbons (Fsp3) is 0.526. The third kappa shape index (κ3) is 4.43. The van der Waals surface area contributed by atoms with Crippen LogP contribution in [0.3, 0.4) is 0 Å². The molecule has 0 bridgehead atoms. The number of carbonyl (C=O) groups excluding carboxylic acids is 2. The van der Waals surface area contributed by atoms with Crippen LogP contribution in [0.15, 0.2) is 21.8 Å². The van der Waals surface area contributed by atoms with Crippen molar-refractivity contribution in [3.8, 4) is 0 Å². The van der Waals surface area contributed by atoms with E-state index in [1.54, 1.807) is 0 Å². The Morgan fingerprint density at radius 3 is 2.74 bits per heavy atom. The number of nitrogen functional groups attached to an aromatic ring is 1. The molecule has 2 saturated heterocycles. The average Bonchev–Trinajstić information content (AvgIpc) is 3.40. The summed E-state index contributed by atoms with van der Waals surface area (Å²) in [5, 5.41) is 14.4. The molecule has 15 heteroatoms. The van der Waals surface area contributed by atoms with Crippen LogP contribution in [-0.2, 0) is 30.0 Å². The number of oxime groups is 1. The highest BCUT2D eigenvalue weighted by Gasteiger charge is 2.57. The number of rotatable bonds is 8. The predicted octanol–water partition coefficient (Wildman–Crippen LogP) is -1.43. The number of aromatic nitrogens is 1. The van der Waals surface area contributed by atoms with E-state index in [4.69, 9.17) is 10.6 Å². The molecule has 3 aliphatic rings. The molecule has 3 aliphatic heterocycles. The molecular formula is C19H26N7O6S2+. The molecule has 3 atom stereocenters. The van der Waals surface area contributed by atoms with Crippen LogP contribution in [0.25, 0.3) is 0 Å². The number of thiazole rings is 1. The Morgan fingerprint density at radius 1 is 1.44 bits per heavy atom. The quantitative estimate of drug-likeness (QED) is 0.141. The number of β-lactam (4-membered cyclic amide) rings is 1. The Labute approximate surface area is 201 Å². The van der Waals surface area contributed by atoms with Gasteiger partial charge in [-0.1, -0.05) is 5.16 Å². The van der Waals surface area contributed by atoms with Gasteiger partial charge in [0.15, 0.2) is 10.8 Å². The van der Waals surface area contributed by atoms with E-state index in [0.717, 1.165) is 42.2 Å². The maximum absolute atomic E-state index is 13.0. The van der Waals surface area contributed by atoms with Gasteiger partial charge in [-0.25, -0.2) is 15.2 Å². The minimum Gasteiger partial charge on any atom is -0.477 e. The molecule has 34 heavy (non-hydrogen) atoms. The number of likely N-dealkylation sites (tertiary alicyclic amines) is 1. The van der Waals surface area contributed by atoms with Crippen molar-refractivity contribution in [3.63, 3.8) is 0 Å². The van der Waals surface area contributed by atoms with Crippen LogP contribution in [0.1, 0.15) is 18.5 Å². The highest BCUT2D eigenvalue weighted by Crippen LogP contribution is 2.36. The zero-order valence-corrected chi connectivity index (χ0v) is 20.3. The molecule has 1 unspecified atom stereocenters. The molecule has 0 aliphatic carbocycles. The molecule has 0 aromatic carbocycles. The Hall–Kier alpha value is -2.88. The third-order valence-corrected chi connectivity index (χ3v) is 8.46. The van der Waals surface area contributed by atoms with E-state index < -0.39 is 40.0 Å². The zero-order valence-electron chi connectivity index (χ0n) is 18.6. The molecule has 4 rings (SSSR count). The van der Waals surface area contributed by atoms with Gasteiger partial charge in [-0.2, -0.15) is 0 Å². The molecule has 0 spiro atoms. The van der Waals surface area contributed by atoms with E-state index in [9.17, 15) is 23.7 Å². The first-order valence-electron chi connectivity index (χ1n) is 10.5. The van der Waals surface area contributed by atoms with E-state index in [1.807, 2.05) is 7.05 Å². The van der Waals surface area contributed by atoms with Crippen molar-refractivity contribution in [3.05, 3.63) is 22.3 Å². The number of hydrogen-bond acceptors (Lipinski definition) is 10. The van der Waals surface area contributed by atoms with Gasteiger partial charge < -0.3 is 20.2 Å². The topological polar surface area (TPSA) is 176 Å². The van der Waals surface area contributed by atoms with Crippen molar-refractivity contribution in [1.29, 1.82) is 0 Å². The SMILES string of the molecule is CON=C(C(=O)NN[C@@H]1C(=O)N2C(C(=O)O)=C(C[N+]3(C)CCCC3)CS(=O)[C@H]12)c1csc(N)n1. The molecule has 0 saturated carbocycles. The van der Waals surface area contributed by atoms with Crippen LogP contribution in [0.5, 0.6) is 0 Å². The molecule has 2 amide bonds. The lowest BCUT2D eigenvalue weighted by atomic mass is 10.0. The monoisotopic (exact) mass is 512 g/mol. The second-order valence-corrected chi connectivity index (χ2v) is 11.0. The number of nitrogens with two attached hydrogens (primary N) is 1. The number of amides is 2. The van der Waals surface area contributed by atoms with E-state index in [2.05, 4.69) is 21.0 Å². The highest BCUT2D eigenvalue weighted by atomic mass is 32.2. The van der Waals surface area contributed by atoms with Crippen molar-refractivity contribution in [1.82, 2.24) is 20.7 Å². The van der Waals surface area contributed by atoms with Crippen LogP contribution in [-0.4, -0.2) is 98.1 Å². The number of hydrogen-bond donors (Lipinski definition) is 4. The third-order valence-electron chi connectivity index (χ3n) is 6.13. The number of aliphatic carboxylic acids is 1. The lowest BCUT2D eigenvalue weighted by Gasteiger charge is -2.49. The second-order valence-electron chi connectivity index (χ2n) is 8.58. The molecule has 1 aromatic heterocycles. The zero-order chi connectivity index (χ0) is 24.6. The van der Waals surface area contributed by atoms with Gasteiger partial charge >= 0.3 is 5.97 Å². The Kier molecular flexibility index (Phi) is 6.71. The van der Waals surface area contributed by atoms with Crippen LogP contribution < -0.4 is 16.6 Å². The van der Waals surface area contributed by atoms with Crippen molar-refractivity contribution in [2.24, 2.45) is 5.16 Å². The first-order valence-corrected chi connectivity index (χ1v) is 12.8. The summed E-state index contributed by atoms with van der Waals surface area (Å²) in [7, 11) is 1.76. The average molecular weight is 513 g/mol. The first-order chi connectivity index (χ1) is 16.1. The summed E-state index contributed by atoms with van der Waals surface area (Å²) in [6, 6.07) is -1.05. The Bertz CT molecular complexity index is 1110. The number of carboxylic acid groups (broad SMARTS) is 1. The van der Waals surface area contributed by atoms with Crippen LogP contribution >= 0.6 is 11.3 Å². The van der Waals surface area contributed by atoms with E-state index >= 15 is 0 Å². The molecule has 1 aromatic rings. The summed E-state index contributed by atoms with van der Waals surface area (Å²) in [6.45, 7) is 2.26. The standard InChI is InChI=1S/C19H25N7O6S2/c1-26(5-3-4-6-26)7-10-9-34(31)17-13(16(28)25(17)14(10)18(29)30)22-23-15(27)12(24-32-2)11-8-33-19(20)21-11/h8,13,17H,3-7,9H2,1-2H3,(H4-,20,21,22,23,24,27,29,30)/p+1/t13-,17-,34?/m1/s1. The maximum atomic E-state index is 13.0. The molecule has 2 fully saturated rings. The Morgan fingerprint density at radius 2 is 2.15 bits per heavy atom. The number of nitrogens with one attached hydrogen (secondary N) is 2. The van der Waals surface area contributed by atoms with Gasteiger partial charge in [0.25, 0.3) is 5.91 Å². The summed E-state index contributed by atoms with van der Waals surface area (Å²) in [4.78, 5) is 47.4. The van der Waals surface area contributed by atoms with Gasteiger partial charge in [0, 0.05) is 23.8 Å². The van der Waals surface area contributed by atoms with Crippen LogP contribution in [0.2, 0.25) is 0 Å². The summed E-state index contributed by atoms with van der Waals surface area (Å²) in [5.41, 5.74) is 11.0. The van der Waals surface area contributed by atoms with Gasteiger partial charge in [0.1, 0.15) is 36.5 Å². The molecular weight excluding hydrogens is 486 g/mol. The number of fused-ring (bicyclic) bond motifs is 1. The first kappa shape index (κ1) is 24.3. The number of hydrazine groups is 1. The minimum absolute atomic E-state index is 0.0600. The largest absolute Gasteiger partial charge is 0.477 e. The summed E-state index contributed by atoms with van der Waals surface area (Å²) < 4.78 is 13.7. The number of carbonyl (C=O) groups is 3. The Balaban J connectivity index is 1.49. The second kappa shape index (κ2) is 9.40. The minimum atomic E-state index is -1.55. The molecule has 5 N–H and O–H groups in total. The van der Waals surface area contributed by atoms with Crippen molar-refractivity contribution >= 4 is 50.8 Å². The highest BCUT2D eigenvalue weighted by molar-refractivity contribution is 7.86. The smallest absolute Gasteiger partial charge is 0.352 e. The van der Waals surface area contributed by atoms with Crippen LogP contribution in [0, 0.1) is 0 Å². The fourth-order valence-corrected chi connectivity index (χ4v) is 6.81. The van der Waals surface area contributed by atoms with Crippen molar-refractivity contribution in [2.75, 3.05) is 45.3 Å². The van der Waals surface area contributed by atoms with Crippen molar-refractivity contribution in [2.45, 2.75) is 24.3 Å². The summed E-state index contributed by atoms with van der Waals surface area (Å²) in [5.74, 6) is -2.50. The van der Waals surface area contributed by atoms with E-state index in [1.165, 1.54) is 12.5 Å².